The van der Waals surface area contributed by atoms with Gasteiger partial charge in [-0.15, -0.1) is 0 Å². The number of aromatic amines is 1. The Kier molecular flexibility index (Phi) is 2.06. The van der Waals surface area contributed by atoms with E-state index in [0.717, 1.165) is 10.0 Å². The summed E-state index contributed by atoms with van der Waals surface area (Å²) < 4.78 is 0.948. The van der Waals surface area contributed by atoms with Gasteiger partial charge in [-0.1, -0.05) is 34.1 Å². The third-order valence-electron chi connectivity index (χ3n) is 1.69. The van der Waals surface area contributed by atoms with Crippen LogP contribution in [-0.2, 0) is 0 Å². The largest absolute Gasteiger partial charge is 0.493 e. The third kappa shape index (κ3) is 1.58. The lowest BCUT2D eigenvalue weighted by Gasteiger charge is -1.98. The van der Waals surface area contributed by atoms with E-state index in [4.69, 9.17) is 5.11 Å². The number of hydrogen-bond donors (Lipinski definition) is 2. The first-order valence-electron chi connectivity index (χ1n) is 3.76. The first kappa shape index (κ1) is 8.31. The highest BCUT2D eigenvalue weighted by atomic mass is 79.9. The van der Waals surface area contributed by atoms with Gasteiger partial charge in [0.1, 0.15) is 5.82 Å². The van der Waals surface area contributed by atoms with E-state index >= 15 is 0 Å². The van der Waals surface area contributed by atoms with Crippen LogP contribution in [0.1, 0.15) is 0 Å². The van der Waals surface area contributed by atoms with Gasteiger partial charge in [-0.2, -0.15) is 0 Å². The number of halogens is 1. The molecule has 0 fully saturated rings. The number of nitrogens with zero attached hydrogens (tertiary/aromatic N) is 1. The predicted octanol–water partition coefficient (Wildman–Crippen LogP) is 2.54. The zero-order chi connectivity index (χ0) is 9.26. The van der Waals surface area contributed by atoms with E-state index in [-0.39, 0.29) is 5.88 Å². The van der Waals surface area contributed by atoms with Crippen molar-refractivity contribution in [2.75, 3.05) is 0 Å². The van der Waals surface area contributed by atoms with E-state index in [1.807, 2.05) is 24.3 Å². The highest BCUT2D eigenvalue weighted by Gasteiger charge is 2.05. The van der Waals surface area contributed by atoms with Crippen molar-refractivity contribution in [1.29, 1.82) is 0 Å². The molecule has 0 aliphatic heterocycles. The summed E-state index contributed by atoms with van der Waals surface area (Å²) in [6.07, 6.45) is 1.38. The van der Waals surface area contributed by atoms with Crippen LogP contribution in [-0.4, -0.2) is 15.1 Å². The first-order chi connectivity index (χ1) is 6.27. The predicted molar refractivity (Wildman–Crippen MR) is 53.4 cm³/mol. The maximum atomic E-state index is 9.07. The monoisotopic (exact) mass is 238 g/mol. The van der Waals surface area contributed by atoms with Gasteiger partial charge >= 0.3 is 0 Å². The summed E-state index contributed by atoms with van der Waals surface area (Å²) in [6.45, 7) is 0. The van der Waals surface area contributed by atoms with Gasteiger partial charge < -0.3 is 10.1 Å². The molecule has 0 spiro atoms. The standard InChI is InChI=1S/C9H7BrN2O/c10-7-4-2-1-3-6(7)9-11-5-8(13)12-9/h1-5,13H,(H,11,12). The van der Waals surface area contributed by atoms with E-state index < -0.39 is 0 Å². The average Bonchev–Trinajstić information content (AvgIpc) is 2.53. The Balaban J connectivity index is 2.52. The summed E-state index contributed by atoms with van der Waals surface area (Å²) in [5.74, 6) is 0.732. The van der Waals surface area contributed by atoms with Crippen LogP contribution in [0.4, 0.5) is 0 Å². The molecule has 0 saturated heterocycles. The van der Waals surface area contributed by atoms with Gasteiger partial charge in [0.05, 0.1) is 6.20 Å². The van der Waals surface area contributed by atoms with Crippen LogP contribution in [0.15, 0.2) is 34.9 Å². The number of nitrogens with one attached hydrogen (secondary N) is 1. The molecule has 4 heteroatoms. The minimum atomic E-state index is 0.0748. The van der Waals surface area contributed by atoms with Gasteiger partial charge in [-0.05, 0) is 6.07 Å². The number of aromatic hydroxyl groups is 1. The molecule has 0 aliphatic carbocycles. The Morgan fingerprint density at radius 2 is 2.08 bits per heavy atom. The van der Waals surface area contributed by atoms with Crippen LogP contribution in [0, 0.1) is 0 Å². The van der Waals surface area contributed by atoms with Gasteiger partial charge in [-0.3, -0.25) is 0 Å². The Bertz CT molecular complexity index is 425. The van der Waals surface area contributed by atoms with E-state index in [2.05, 4.69) is 25.9 Å². The molecule has 0 unspecified atom stereocenters. The molecule has 0 bridgehead atoms. The second-order valence-corrected chi connectivity index (χ2v) is 3.45. The smallest absolute Gasteiger partial charge is 0.208 e. The highest BCUT2D eigenvalue weighted by Crippen LogP contribution is 2.26. The molecular weight excluding hydrogens is 232 g/mol. The third-order valence-corrected chi connectivity index (χ3v) is 2.38. The van der Waals surface area contributed by atoms with Gasteiger partial charge in [0.2, 0.25) is 5.88 Å². The number of rotatable bonds is 1. The second kappa shape index (κ2) is 3.22. The molecule has 0 atom stereocenters. The van der Waals surface area contributed by atoms with Crippen molar-refractivity contribution < 1.29 is 5.11 Å². The molecule has 0 aliphatic rings. The SMILES string of the molecule is Oc1cnc(-c2ccccc2Br)[nH]1. The first-order valence-corrected chi connectivity index (χ1v) is 4.55. The van der Waals surface area contributed by atoms with Crippen molar-refractivity contribution in [1.82, 2.24) is 9.97 Å². The Labute approximate surface area is 83.6 Å². The minimum absolute atomic E-state index is 0.0748. The van der Waals surface area contributed by atoms with Crippen molar-refractivity contribution >= 4 is 15.9 Å². The molecule has 0 radical (unpaired) electrons. The second-order valence-electron chi connectivity index (χ2n) is 2.60. The summed E-state index contributed by atoms with van der Waals surface area (Å²) in [6, 6.07) is 7.69. The topological polar surface area (TPSA) is 48.9 Å². The maximum absolute atomic E-state index is 9.07. The molecule has 2 N–H and O–H groups in total. The van der Waals surface area contributed by atoms with Gasteiger partial charge in [-0.25, -0.2) is 4.98 Å². The summed E-state index contributed by atoms with van der Waals surface area (Å²) in [5.41, 5.74) is 0.933. The zero-order valence-electron chi connectivity index (χ0n) is 6.66. The van der Waals surface area contributed by atoms with Crippen LogP contribution >= 0.6 is 15.9 Å². The van der Waals surface area contributed by atoms with Crippen molar-refractivity contribution in [3.63, 3.8) is 0 Å². The molecule has 2 rings (SSSR count). The number of imidazole rings is 1. The van der Waals surface area contributed by atoms with Gasteiger partial charge in [0.15, 0.2) is 0 Å². The molecule has 0 amide bonds. The van der Waals surface area contributed by atoms with E-state index in [1.54, 1.807) is 0 Å². The fraction of sp³-hybridized carbons (Fsp3) is 0. The summed E-state index contributed by atoms with van der Waals surface area (Å²) in [7, 11) is 0. The molecule has 3 nitrogen and oxygen atoms in total. The summed E-state index contributed by atoms with van der Waals surface area (Å²) >= 11 is 3.40. The minimum Gasteiger partial charge on any atom is -0.493 e. The number of aromatic nitrogens is 2. The van der Waals surface area contributed by atoms with E-state index in [9.17, 15) is 0 Å². The molecule has 1 aromatic carbocycles. The Morgan fingerprint density at radius 3 is 2.69 bits per heavy atom. The van der Waals surface area contributed by atoms with Crippen molar-refractivity contribution in [2.24, 2.45) is 0 Å². The summed E-state index contributed by atoms with van der Waals surface area (Å²) in [5, 5.41) is 9.07. The maximum Gasteiger partial charge on any atom is 0.208 e. The van der Waals surface area contributed by atoms with Crippen LogP contribution in [0.2, 0.25) is 0 Å². The van der Waals surface area contributed by atoms with E-state index in [1.165, 1.54) is 6.20 Å². The number of benzene rings is 1. The molecular formula is C9H7BrN2O. The molecule has 13 heavy (non-hydrogen) atoms. The van der Waals surface area contributed by atoms with Crippen LogP contribution in [0.25, 0.3) is 11.4 Å². The van der Waals surface area contributed by atoms with E-state index in [0.29, 0.717) is 5.82 Å². The molecule has 1 aromatic heterocycles. The zero-order valence-corrected chi connectivity index (χ0v) is 8.25. The lowest BCUT2D eigenvalue weighted by atomic mass is 10.2. The molecule has 1 heterocycles. The van der Waals surface area contributed by atoms with Gasteiger partial charge in [0, 0.05) is 10.0 Å². The van der Waals surface area contributed by atoms with Crippen LogP contribution < -0.4 is 0 Å². The average molecular weight is 239 g/mol. The molecule has 0 saturated carbocycles. The Hall–Kier alpha value is -1.29. The molecule has 66 valence electrons. The van der Waals surface area contributed by atoms with Crippen molar-refractivity contribution in [3.8, 4) is 17.3 Å². The summed E-state index contributed by atoms with van der Waals surface area (Å²) in [4.78, 5) is 6.76. The van der Waals surface area contributed by atoms with Crippen LogP contribution in [0.5, 0.6) is 5.88 Å². The Morgan fingerprint density at radius 1 is 1.31 bits per heavy atom. The molecule has 2 aromatic rings. The lowest BCUT2D eigenvalue weighted by molar-refractivity contribution is 0.457. The number of hydrogen-bond acceptors (Lipinski definition) is 2. The lowest BCUT2D eigenvalue weighted by Crippen LogP contribution is -1.80. The fourth-order valence-electron chi connectivity index (χ4n) is 1.10. The van der Waals surface area contributed by atoms with Crippen LogP contribution in [0.3, 0.4) is 0 Å². The van der Waals surface area contributed by atoms with Gasteiger partial charge in [0.25, 0.3) is 0 Å². The highest BCUT2D eigenvalue weighted by molar-refractivity contribution is 9.10. The van der Waals surface area contributed by atoms with Crippen molar-refractivity contribution in [3.05, 3.63) is 34.9 Å². The van der Waals surface area contributed by atoms with Crippen molar-refractivity contribution in [2.45, 2.75) is 0 Å². The normalized spacial score (nSPS) is 10.2. The quantitative estimate of drug-likeness (QED) is 0.803. The fourth-order valence-corrected chi connectivity index (χ4v) is 1.57. The number of H-pyrrole nitrogens is 1.